The second-order valence-electron chi connectivity index (χ2n) is 5.75. The molecule has 0 amide bonds. The zero-order chi connectivity index (χ0) is 19.9. The summed E-state index contributed by atoms with van der Waals surface area (Å²) in [7, 11) is 1.18. The van der Waals surface area contributed by atoms with E-state index in [0.29, 0.717) is 23.9 Å². The predicted molar refractivity (Wildman–Crippen MR) is 103 cm³/mol. The summed E-state index contributed by atoms with van der Waals surface area (Å²) in [6, 6.07) is 17.1. The topological polar surface area (TPSA) is 104 Å². The number of rotatable bonds is 7. The Morgan fingerprint density at radius 1 is 1.14 bits per heavy atom. The molecule has 28 heavy (non-hydrogen) atoms. The number of hydrogen-bond acceptors (Lipinski definition) is 7. The molecule has 0 atom stereocenters. The van der Waals surface area contributed by atoms with Crippen LogP contribution in [0.15, 0.2) is 66.9 Å². The monoisotopic (exact) mass is 379 g/mol. The van der Waals surface area contributed by atoms with E-state index in [9.17, 15) is 14.9 Å². The van der Waals surface area contributed by atoms with Crippen molar-refractivity contribution in [1.82, 2.24) is 4.98 Å². The summed E-state index contributed by atoms with van der Waals surface area (Å²) in [5, 5.41) is 14.2. The average Bonchev–Trinajstić information content (AvgIpc) is 2.73. The number of carbonyl (C=O) groups is 1. The second kappa shape index (κ2) is 8.63. The maximum absolute atomic E-state index is 11.8. The number of anilines is 1. The maximum atomic E-state index is 11.8. The molecular weight excluding hydrogens is 362 g/mol. The van der Waals surface area contributed by atoms with Crippen LogP contribution in [-0.2, 0) is 11.3 Å². The van der Waals surface area contributed by atoms with Crippen LogP contribution in [0, 0.1) is 10.1 Å². The number of nitro groups is 1. The minimum Gasteiger partial charge on any atom is -0.465 e. The Kier molecular flexibility index (Phi) is 5.81. The number of nitrogens with zero attached hydrogens (tertiary/aromatic N) is 2. The van der Waals surface area contributed by atoms with Crippen LogP contribution < -0.4 is 10.1 Å². The number of ether oxygens (including phenoxy) is 2. The average molecular weight is 379 g/mol. The van der Waals surface area contributed by atoms with Gasteiger partial charge in [-0.1, -0.05) is 24.3 Å². The third kappa shape index (κ3) is 4.61. The zero-order valence-corrected chi connectivity index (χ0v) is 15.0. The summed E-state index contributed by atoms with van der Waals surface area (Å²) in [5.74, 6) is 0.403. The van der Waals surface area contributed by atoms with Crippen molar-refractivity contribution < 1.29 is 19.2 Å². The molecule has 8 heteroatoms. The molecule has 2 aromatic carbocycles. The molecule has 8 nitrogen and oxygen atoms in total. The first-order valence-electron chi connectivity index (χ1n) is 8.35. The molecule has 0 unspecified atom stereocenters. The van der Waals surface area contributed by atoms with Crippen molar-refractivity contribution in [3.63, 3.8) is 0 Å². The van der Waals surface area contributed by atoms with E-state index in [2.05, 4.69) is 15.0 Å². The molecular formula is C20H17N3O5. The highest BCUT2D eigenvalue weighted by Gasteiger charge is 2.21. The number of carbonyl (C=O) groups excluding carboxylic acids is 1. The molecule has 0 saturated heterocycles. The third-order valence-corrected chi connectivity index (χ3v) is 3.86. The minimum atomic E-state index is -0.764. The molecule has 1 heterocycles. The first-order valence-corrected chi connectivity index (χ1v) is 8.35. The zero-order valence-electron chi connectivity index (χ0n) is 15.0. The van der Waals surface area contributed by atoms with Crippen LogP contribution in [0.3, 0.4) is 0 Å². The number of pyridine rings is 1. The number of nitro benzene ring substituents is 1. The first kappa shape index (κ1) is 18.8. The fourth-order valence-corrected chi connectivity index (χ4v) is 2.47. The van der Waals surface area contributed by atoms with Crippen molar-refractivity contribution in [2.75, 3.05) is 12.4 Å². The lowest BCUT2D eigenvalue weighted by Gasteiger charge is -2.09. The lowest BCUT2D eigenvalue weighted by molar-refractivity contribution is -0.385. The van der Waals surface area contributed by atoms with Crippen molar-refractivity contribution in [3.8, 4) is 11.6 Å². The van der Waals surface area contributed by atoms with Gasteiger partial charge in [-0.05, 0) is 29.8 Å². The SMILES string of the molecule is COC(=O)c1cc(NCc2ccc(Oc3ccccc3)nc2)ccc1[N+](=O)[O-]. The number of hydrogen-bond donors (Lipinski definition) is 1. The normalized spacial score (nSPS) is 10.2. The lowest BCUT2D eigenvalue weighted by Crippen LogP contribution is -2.07. The van der Waals surface area contributed by atoms with Crippen molar-refractivity contribution in [2.24, 2.45) is 0 Å². The van der Waals surface area contributed by atoms with E-state index in [1.165, 1.54) is 25.3 Å². The Morgan fingerprint density at radius 3 is 2.57 bits per heavy atom. The molecule has 0 aliphatic heterocycles. The van der Waals surface area contributed by atoms with E-state index in [1.54, 1.807) is 12.3 Å². The Labute approximate surface area is 160 Å². The summed E-state index contributed by atoms with van der Waals surface area (Å²) >= 11 is 0. The largest absolute Gasteiger partial charge is 0.465 e. The van der Waals surface area contributed by atoms with Crippen LogP contribution in [-0.4, -0.2) is 23.0 Å². The Morgan fingerprint density at radius 2 is 1.93 bits per heavy atom. The van der Waals surface area contributed by atoms with Crippen LogP contribution in [0.2, 0.25) is 0 Å². The lowest BCUT2D eigenvalue weighted by atomic mass is 10.1. The van der Waals surface area contributed by atoms with Gasteiger partial charge in [0.2, 0.25) is 5.88 Å². The highest BCUT2D eigenvalue weighted by molar-refractivity contribution is 5.95. The molecule has 0 bridgehead atoms. The van der Waals surface area contributed by atoms with Crippen LogP contribution >= 0.6 is 0 Å². The number of aromatic nitrogens is 1. The third-order valence-electron chi connectivity index (χ3n) is 3.86. The van der Waals surface area contributed by atoms with Gasteiger partial charge < -0.3 is 14.8 Å². The Hall–Kier alpha value is -3.94. The summed E-state index contributed by atoms with van der Waals surface area (Å²) in [4.78, 5) is 26.5. The Bertz CT molecular complexity index is 975. The van der Waals surface area contributed by atoms with E-state index in [4.69, 9.17) is 4.74 Å². The molecule has 3 aromatic rings. The van der Waals surface area contributed by atoms with E-state index < -0.39 is 10.9 Å². The molecule has 0 aliphatic carbocycles. The van der Waals surface area contributed by atoms with Gasteiger partial charge in [0.05, 0.1) is 12.0 Å². The van der Waals surface area contributed by atoms with E-state index in [1.807, 2.05) is 36.4 Å². The van der Waals surface area contributed by atoms with Gasteiger partial charge in [0.15, 0.2) is 0 Å². The molecule has 0 saturated carbocycles. The summed E-state index contributed by atoms with van der Waals surface area (Å²) in [6.45, 7) is 0.414. The number of para-hydroxylation sites is 1. The van der Waals surface area contributed by atoms with Crippen LogP contribution in [0.1, 0.15) is 15.9 Å². The first-order chi connectivity index (χ1) is 13.6. The molecule has 142 valence electrons. The molecule has 0 spiro atoms. The van der Waals surface area contributed by atoms with E-state index in [0.717, 1.165) is 5.56 Å². The Balaban J connectivity index is 1.67. The van der Waals surface area contributed by atoms with E-state index in [-0.39, 0.29) is 11.3 Å². The number of nitrogens with one attached hydrogen (secondary N) is 1. The molecule has 1 aromatic heterocycles. The fraction of sp³-hybridized carbons (Fsp3) is 0.100. The quantitative estimate of drug-likeness (QED) is 0.373. The van der Waals surface area contributed by atoms with Gasteiger partial charge >= 0.3 is 5.97 Å². The molecule has 0 fully saturated rings. The second-order valence-corrected chi connectivity index (χ2v) is 5.75. The van der Waals surface area contributed by atoms with Crippen LogP contribution in [0.4, 0.5) is 11.4 Å². The molecule has 0 aliphatic rings. The summed E-state index contributed by atoms with van der Waals surface area (Å²) in [5.41, 5.74) is 1.01. The van der Waals surface area contributed by atoms with Gasteiger partial charge in [0.25, 0.3) is 5.69 Å². The minimum absolute atomic E-state index is 0.109. The van der Waals surface area contributed by atoms with Crippen LogP contribution in [0.25, 0.3) is 0 Å². The van der Waals surface area contributed by atoms with Gasteiger partial charge in [-0.3, -0.25) is 10.1 Å². The number of benzene rings is 2. The van der Waals surface area contributed by atoms with Crippen molar-refractivity contribution in [1.29, 1.82) is 0 Å². The highest BCUT2D eigenvalue weighted by atomic mass is 16.6. The predicted octanol–water partition coefficient (Wildman–Crippen LogP) is 4.18. The fourth-order valence-electron chi connectivity index (χ4n) is 2.47. The maximum Gasteiger partial charge on any atom is 0.344 e. The van der Waals surface area contributed by atoms with E-state index >= 15 is 0 Å². The summed E-state index contributed by atoms with van der Waals surface area (Å²) < 4.78 is 10.3. The van der Waals surface area contributed by atoms with Gasteiger partial charge in [0, 0.05) is 30.6 Å². The molecule has 3 rings (SSSR count). The number of methoxy groups -OCH3 is 1. The van der Waals surface area contributed by atoms with Gasteiger partial charge in [-0.15, -0.1) is 0 Å². The standard InChI is InChI=1S/C20H17N3O5/c1-27-20(24)17-11-15(8-9-18(17)23(25)26)21-12-14-7-10-19(22-13-14)28-16-5-3-2-4-6-16/h2-11,13,21H,12H2,1H3. The smallest absolute Gasteiger partial charge is 0.344 e. The van der Waals surface area contributed by atoms with Crippen molar-refractivity contribution in [2.45, 2.75) is 6.54 Å². The summed E-state index contributed by atoms with van der Waals surface area (Å²) in [6.07, 6.45) is 1.66. The molecule has 0 radical (unpaired) electrons. The van der Waals surface area contributed by atoms with Gasteiger partial charge in [-0.2, -0.15) is 0 Å². The van der Waals surface area contributed by atoms with Crippen molar-refractivity contribution in [3.05, 3.63) is 88.1 Å². The van der Waals surface area contributed by atoms with Gasteiger partial charge in [-0.25, -0.2) is 9.78 Å². The van der Waals surface area contributed by atoms with Gasteiger partial charge in [0.1, 0.15) is 11.3 Å². The molecule has 1 N–H and O–H groups in total. The highest BCUT2D eigenvalue weighted by Crippen LogP contribution is 2.24. The van der Waals surface area contributed by atoms with Crippen molar-refractivity contribution >= 4 is 17.3 Å². The number of esters is 1. The van der Waals surface area contributed by atoms with Crippen LogP contribution in [0.5, 0.6) is 11.6 Å².